The fourth-order valence-electron chi connectivity index (χ4n) is 0.838. The van der Waals surface area contributed by atoms with Crippen molar-refractivity contribution < 1.29 is 14.0 Å². The van der Waals surface area contributed by atoms with Crippen molar-refractivity contribution in [1.29, 1.82) is 0 Å². The van der Waals surface area contributed by atoms with Crippen molar-refractivity contribution in [2.24, 2.45) is 10.7 Å². The average Bonchev–Trinajstić information content (AvgIpc) is 2.18. The monoisotopic (exact) mass is 194 g/mol. The maximum Gasteiger partial charge on any atom is 0.282 e. The van der Waals surface area contributed by atoms with Gasteiger partial charge in [0.1, 0.15) is 5.82 Å². The highest BCUT2D eigenvalue weighted by Gasteiger charge is 2.09. The maximum atomic E-state index is 13.0. The summed E-state index contributed by atoms with van der Waals surface area (Å²) in [5.41, 5.74) is 4.79. The van der Waals surface area contributed by atoms with Crippen LogP contribution in [0, 0.1) is 5.82 Å². The summed E-state index contributed by atoms with van der Waals surface area (Å²) in [6.45, 7) is 0. The molecule has 4 nitrogen and oxygen atoms in total. The second kappa shape index (κ2) is 4.27. The minimum absolute atomic E-state index is 0.211. The number of rotatable bonds is 2. The lowest BCUT2D eigenvalue weighted by Crippen LogP contribution is -2.15. The van der Waals surface area contributed by atoms with Gasteiger partial charge in [-0.05, 0) is 12.1 Å². The van der Waals surface area contributed by atoms with E-state index in [-0.39, 0.29) is 11.8 Å². The van der Waals surface area contributed by atoms with Crippen LogP contribution in [-0.2, 0) is 4.79 Å². The first-order valence-electron chi connectivity index (χ1n) is 3.73. The van der Waals surface area contributed by atoms with Gasteiger partial charge in [-0.1, -0.05) is 12.1 Å². The van der Waals surface area contributed by atoms with Crippen LogP contribution in [0.1, 0.15) is 10.4 Å². The zero-order chi connectivity index (χ0) is 10.6. The number of amides is 1. The molecule has 1 rings (SSSR count). The zero-order valence-corrected chi connectivity index (χ0v) is 7.11. The second-order valence-corrected chi connectivity index (χ2v) is 2.44. The molecule has 0 saturated carbocycles. The summed E-state index contributed by atoms with van der Waals surface area (Å²) in [5.74, 6) is -2.04. The molecule has 0 saturated heterocycles. The topological polar surface area (TPSA) is 72.5 Å². The Labute approximate surface area is 79.3 Å². The van der Waals surface area contributed by atoms with Crippen LogP contribution in [0.2, 0.25) is 0 Å². The van der Waals surface area contributed by atoms with E-state index >= 15 is 0 Å². The molecule has 14 heavy (non-hydrogen) atoms. The molecule has 1 aromatic carbocycles. The number of amidine groups is 1. The molecule has 72 valence electrons. The molecule has 0 radical (unpaired) electrons. The van der Waals surface area contributed by atoms with E-state index in [2.05, 4.69) is 4.99 Å². The maximum absolute atomic E-state index is 13.0. The van der Waals surface area contributed by atoms with Crippen LogP contribution in [0.15, 0.2) is 29.3 Å². The molecular weight excluding hydrogens is 187 g/mol. The normalized spacial score (nSPS) is 11.1. The average molecular weight is 194 g/mol. The third-order valence-corrected chi connectivity index (χ3v) is 1.46. The molecule has 0 spiro atoms. The number of aliphatic imine (C=N–C) groups is 1. The van der Waals surface area contributed by atoms with Gasteiger partial charge in [-0.25, -0.2) is 4.39 Å². The molecule has 0 fully saturated rings. The lowest BCUT2D eigenvalue weighted by Gasteiger charge is -1.96. The SMILES string of the molecule is NC(C=O)=NC(=O)c1ccccc1F. The lowest BCUT2D eigenvalue weighted by molar-refractivity contribution is -0.102. The summed E-state index contributed by atoms with van der Waals surface area (Å²) in [7, 11) is 0. The second-order valence-electron chi connectivity index (χ2n) is 2.44. The Hall–Kier alpha value is -2.04. The minimum Gasteiger partial charge on any atom is -0.381 e. The van der Waals surface area contributed by atoms with Crippen molar-refractivity contribution in [3.05, 3.63) is 35.6 Å². The van der Waals surface area contributed by atoms with Gasteiger partial charge in [0.15, 0.2) is 12.1 Å². The molecule has 0 unspecified atom stereocenters. The van der Waals surface area contributed by atoms with Gasteiger partial charge in [0.05, 0.1) is 5.56 Å². The zero-order valence-electron chi connectivity index (χ0n) is 7.11. The minimum atomic E-state index is -0.868. The number of carbonyl (C=O) groups is 2. The van der Waals surface area contributed by atoms with Gasteiger partial charge in [-0.2, -0.15) is 4.99 Å². The van der Waals surface area contributed by atoms with Crippen LogP contribution < -0.4 is 5.73 Å². The Kier molecular flexibility index (Phi) is 3.06. The van der Waals surface area contributed by atoms with Gasteiger partial charge in [0.25, 0.3) is 5.91 Å². The van der Waals surface area contributed by atoms with Crippen molar-refractivity contribution in [1.82, 2.24) is 0 Å². The van der Waals surface area contributed by atoms with Crippen LogP contribution in [0.5, 0.6) is 0 Å². The predicted octanol–water partition coefficient (Wildman–Crippen LogP) is 0.522. The van der Waals surface area contributed by atoms with E-state index in [1.807, 2.05) is 0 Å². The van der Waals surface area contributed by atoms with Crippen LogP contribution >= 0.6 is 0 Å². The van der Waals surface area contributed by atoms with E-state index in [1.165, 1.54) is 18.2 Å². The highest BCUT2D eigenvalue weighted by molar-refractivity contribution is 6.29. The Balaban J connectivity index is 3.02. The van der Waals surface area contributed by atoms with Crippen LogP contribution in [0.4, 0.5) is 4.39 Å². The molecule has 5 heteroatoms. The number of benzene rings is 1. The van der Waals surface area contributed by atoms with E-state index < -0.39 is 17.6 Å². The number of nitrogens with zero attached hydrogens (tertiary/aromatic N) is 1. The van der Waals surface area contributed by atoms with Gasteiger partial charge in [-0.3, -0.25) is 9.59 Å². The van der Waals surface area contributed by atoms with Crippen molar-refractivity contribution in [2.45, 2.75) is 0 Å². The highest BCUT2D eigenvalue weighted by atomic mass is 19.1. The van der Waals surface area contributed by atoms with Gasteiger partial charge < -0.3 is 5.73 Å². The number of carbonyl (C=O) groups excluding carboxylic acids is 2. The van der Waals surface area contributed by atoms with E-state index in [9.17, 15) is 14.0 Å². The van der Waals surface area contributed by atoms with Crippen molar-refractivity contribution in [2.75, 3.05) is 0 Å². The van der Waals surface area contributed by atoms with Gasteiger partial charge in [0, 0.05) is 0 Å². The van der Waals surface area contributed by atoms with Crippen molar-refractivity contribution >= 4 is 18.0 Å². The third-order valence-electron chi connectivity index (χ3n) is 1.46. The smallest absolute Gasteiger partial charge is 0.282 e. The molecular formula is C9H7FN2O2. The largest absolute Gasteiger partial charge is 0.381 e. The first-order chi connectivity index (χ1) is 6.65. The molecule has 0 atom stereocenters. The Morgan fingerprint density at radius 3 is 2.64 bits per heavy atom. The number of halogens is 1. The molecule has 1 aromatic rings. The summed E-state index contributed by atoms with van der Waals surface area (Å²) in [6, 6.07) is 5.32. The van der Waals surface area contributed by atoms with Gasteiger partial charge >= 0.3 is 0 Å². The molecule has 0 heterocycles. The molecule has 0 aliphatic heterocycles. The summed E-state index contributed by atoms with van der Waals surface area (Å²) >= 11 is 0. The first kappa shape index (κ1) is 10.0. The highest BCUT2D eigenvalue weighted by Crippen LogP contribution is 2.07. The number of nitrogens with two attached hydrogens (primary N) is 1. The van der Waals surface area contributed by atoms with Gasteiger partial charge in [0.2, 0.25) is 0 Å². The quantitative estimate of drug-likeness (QED) is 0.424. The Bertz CT molecular complexity index is 402. The number of hydrogen-bond donors (Lipinski definition) is 1. The third kappa shape index (κ3) is 2.22. The first-order valence-corrected chi connectivity index (χ1v) is 3.73. The number of hydrogen-bond acceptors (Lipinski definition) is 2. The number of aldehydes is 1. The Morgan fingerprint density at radius 2 is 2.07 bits per heavy atom. The molecule has 0 bridgehead atoms. The molecule has 0 aliphatic carbocycles. The summed E-state index contributed by atoms with van der Waals surface area (Å²) < 4.78 is 13.0. The van der Waals surface area contributed by atoms with E-state index in [0.29, 0.717) is 0 Å². The molecule has 2 N–H and O–H groups in total. The van der Waals surface area contributed by atoms with E-state index in [4.69, 9.17) is 5.73 Å². The summed E-state index contributed by atoms with van der Waals surface area (Å²) in [6.07, 6.45) is 0.221. The fourth-order valence-corrected chi connectivity index (χ4v) is 0.838. The molecule has 0 aliphatic rings. The van der Waals surface area contributed by atoms with E-state index in [1.54, 1.807) is 0 Å². The van der Waals surface area contributed by atoms with Gasteiger partial charge in [-0.15, -0.1) is 0 Å². The molecule has 1 amide bonds. The van der Waals surface area contributed by atoms with Crippen LogP contribution in [-0.4, -0.2) is 18.0 Å². The lowest BCUT2D eigenvalue weighted by atomic mass is 10.2. The predicted molar refractivity (Wildman–Crippen MR) is 48.4 cm³/mol. The van der Waals surface area contributed by atoms with E-state index in [0.717, 1.165) is 6.07 Å². The Morgan fingerprint density at radius 1 is 1.43 bits per heavy atom. The summed E-state index contributed by atoms with van der Waals surface area (Å²) in [4.78, 5) is 24.4. The van der Waals surface area contributed by atoms with Crippen molar-refractivity contribution in [3.8, 4) is 0 Å². The molecule has 0 aromatic heterocycles. The summed E-state index contributed by atoms with van der Waals surface area (Å²) in [5, 5.41) is 0. The van der Waals surface area contributed by atoms with Crippen LogP contribution in [0.25, 0.3) is 0 Å². The fraction of sp³-hybridized carbons (Fsp3) is 0. The van der Waals surface area contributed by atoms with Crippen LogP contribution in [0.3, 0.4) is 0 Å². The van der Waals surface area contributed by atoms with Crippen molar-refractivity contribution in [3.63, 3.8) is 0 Å². The standard InChI is InChI=1S/C9H7FN2O2/c10-7-4-2-1-3-6(7)9(14)12-8(11)5-13/h1-5H,(H2,11,12,14).